The van der Waals surface area contributed by atoms with Crippen molar-refractivity contribution < 1.29 is 13.6 Å². The highest BCUT2D eigenvalue weighted by Gasteiger charge is 2.33. The molecule has 10 heteroatoms. The molecule has 10 nitrogen and oxygen atoms in total. The van der Waals surface area contributed by atoms with Gasteiger partial charge in [-0.1, -0.05) is 77.9 Å². The van der Waals surface area contributed by atoms with E-state index >= 15 is 0 Å². The van der Waals surface area contributed by atoms with Gasteiger partial charge >= 0.3 is 0 Å². The van der Waals surface area contributed by atoms with E-state index in [0.717, 1.165) is 97.4 Å². The van der Waals surface area contributed by atoms with Crippen LogP contribution < -0.4 is 48.7 Å². The first-order valence-electron chi connectivity index (χ1n) is 30.0. The van der Waals surface area contributed by atoms with Crippen LogP contribution in [0.2, 0.25) is 0 Å². The van der Waals surface area contributed by atoms with Gasteiger partial charge in [0.25, 0.3) is 0 Å². The molecule has 4 heterocycles. The zero-order chi connectivity index (χ0) is 59.4. The van der Waals surface area contributed by atoms with Crippen LogP contribution in [-0.2, 0) is 10.8 Å². The molecule has 0 spiro atoms. The average Bonchev–Trinajstić information content (AvgIpc) is 3.96. The van der Waals surface area contributed by atoms with Crippen molar-refractivity contribution in [3.8, 4) is 23.0 Å². The van der Waals surface area contributed by atoms with E-state index in [9.17, 15) is 0 Å². The Morgan fingerprint density at radius 3 is 1.05 bits per heavy atom. The van der Waals surface area contributed by atoms with E-state index in [2.05, 4.69) is 261 Å². The van der Waals surface area contributed by atoms with Crippen LogP contribution in [-0.4, -0.2) is 40.7 Å². The minimum atomic E-state index is -2.30. The molecule has 0 bridgehead atoms. The van der Waals surface area contributed by atoms with Crippen LogP contribution in [0.3, 0.4) is 0 Å². The van der Waals surface area contributed by atoms with Gasteiger partial charge < -0.3 is 48.7 Å². The third kappa shape index (κ3) is 9.53. The molecule has 0 N–H and O–H groups in total. The summed E-state index contributed by atoms with van der Waals surface area (Å²) in [4.78, 5) is 17.8. The lowest BCUT2D eigenvalue weighted by Crippen LogP contribution is -2.25. The summed E-state index contributed by atoms with van der Waals surface area (Å²) in [7, 11) is 2.17. The van der Waals surface area contributed by atoms with E-state index < -0.39 is 6.98 Å². The number of benzene rings is 9. The second kappa shape index (κ2) is 19.9. The highest BCUT2D eigenvalue weighted by Crippen LogP contribution is 2.50. The first-order chi connectivity index (χ1) is 40.5. The molecule has 13 rings (SSSR count). The number of rotatable bonds is 10. The summed E-state index contributed by atoms with van der Waals surface area (Å²) in [5.74, 6) is 2.97. The smallest absolute Gasteiger partial charge is 0.129 e. The minimum absolute atomic E-state index is 0.0928. The molecule has 0 atom stereocenters. The molecular formula is C72H74N8O2. The van der Waals surface area contributed by atoms with Gasteiger partial charge in [0.2, 0.25) is 0 Å². The number of hydrogen-bond donors (Lipinski definition) is 0. The Morgan fingerprint density at radius 2 is 0.659 bits per heavy atom. The van der Waals surface area contributed by atoms with Crippen LogP contribution >= 0.6 is 0 Å². The van der Waals surface area contributed by atoms with Crippen LogP contribution in [0, 0.1) is 27.7 Å². The summed E-state index contributed by atoms with van der Waals surface area (Å²) in [5.41, 5.74) is 21.5. The van der Waals surface area contributed by atoms with E-state index in [1.807, 2.05) is 31.2 Å². The predicted octanol–water partition coefficient (Wildman–Crippen LogP) is 18.7. The molecule has 0 saturated carbocycles. The second-order valence-electron chi connectivity index (χ2n) is 24.7. The fraction of sp³-hybridized carbons (Fsp3) is 0.250. The van der Waals surface area contributed by atoms with Crippen LogP contribution in [0.4, 0.5) is 79.6 Å². The number of fused-ring (bicyclic) bond motifs is 4. The normalized spacial score (nSPS) is 15.4. The molecule has 4 aliphatic rings. The maximum absolute atomic E-state index is 8.43. The lowest BCUT2D eigenvalue weighted by molar-refractivity contribution is 0.478. The van der Waals surface area contributed by atoms with Gasteiger partial charge in [0.1, 0.15) is 36.3 Å². The molecule has 0 radical (unpaired) electrons. The number of ether oxygens (including phenoxy) is 2. The average molecular weight is 1090 g/mol. The molecule has 9 aromatic rings. The zero-order valence-corrected chi connectivity index (χ0v) is 49.0. The summed E-state index contributed by atoms with van der Waals surface area (Å²) in [6.07, 6.45) is 0. The molecule has 82 heavy (non-hydrogen) atoms. The van der Waals surface area contributed by atoms with Gasteiger partial charge in [-0.3, -0.25) is 0 Å². The van der Waals surface area contributed by atoms with E-state index in [-0.39, 0.29) is 17.5 Å². The van der Waals surface area contributed by atoms with Crippen molar-refractivity contribution in [1.29, 1.82) is 0 Å². The quantitative estimate of drug-likeness (QED) is 0.132. The van der Waals surface area contributed by atoms with Crippen molar-refractivity contribution in [2.45, 2.75) is 80.1 Å². The predicted molar refractivity (Wildman–Crippen MR) is 344 cm³/mol. The second-order valence-corrected chi connectivity index (χ2v) is 24.7. The Morgan fingerprint density at radius 1 is 0.317 bits per heavy atom. The van der Waals surface area contributed by atoms with Crippen molar-refractivity contribution in [2.75, 3.05) is 79.9 Å². The lowest BCUT2D eigenvalue weighted by atomic mass is 9.86. The summed E-state index contributed by atoms with van der Waals surface area (Å²) in [6, 6.07) is 64.6. The number of aryl methyl sites for hydroxylation is 4. The molecule has 0 amide bonds. The minimum Gasteiger partial charge on any atom is -0.457 e. The number of hydrogen-bond acceptors (Lipinski definition) is 10. The van der Waals surface area contributed by atoms with Gasteiger partial charge in [-0.15, -0.1) is 0 Å². The molecule has 414 valence electrons. The Kier molecular flexibility index (Phi) is 11.9. The molecular weight excluding hydrogens is 1010 g/mol. The maximum Gasteiger partial charge on any atom is 0.129 e. The molecule has 0 saturated heterocycles. The zero-order valence-electron chi connectivity index (χ0n) is 52.0. The van der Waals surface area contributed by atoms with Crippen molar-refractivity contribution in [1.82, 2.24) is 0 Å². The van der Waals surface area contributed by atoms with Crippen LogP contribution in [0.5, 0.6) is 23.0 Å². The Bertz CT molecular complexity index is 4070. The third-order valence-corrected chi connectivity index (χ3v) is 16.9. The van der Waals surface area contributed by atoms with Crippen molar-refractivity contribution >= 4 is 79.6 Å². The topological polar surface area (TPSA) is 44.4 Å². The summed E-state index contributed by atoms with van der Waals surface area (Å²) >= 11 is 0. The van der Waals surface area contributed by atoms with Crippen LogP contribution in [0.1, 0.15) is 79.0 Å². The van der Waals surface area contributed by atoms with Gasteiger partial charge in [-0.05, 0) is 193 Å². The highest BCUT2D eigenvalue weighted by molar-refractivity contribution is 5.91. The molecule has 0 fully saturated rings. The van der Waals surface area contributed by atoms with Crippen molar-refractivity contribution in [3.63, 3.8) is 0 Å². The van der Waals surface area contributed by atoms with E-state index in [4.69, 9.17) is 13.6 Å². The molecule has 0 unspecified atom stereocenters. The van der Waals surface area contributed by atoms with Gasteiger partial charge in [-0.2, -0.15) is 0 Å². The van der Waals surface area contributed by atoms with Gasteiger partial charge in [-0.25, -0.2) is 0 Å². The first-order valence-corrected chi connectivity index (χ1v) is 28.5. The molecule has 0 aromatic heterocycles. The maximum atomic E-state index is 8.43. The van der Waals surface area contributed by atoms with Gasteiger partial charge in [0, 0.05) is 76.5 Å². The summed E-state index contributed by atoms with van der Waals surface area (Å²) < 4.78 is 39.0. The summed E-state index contributed by atoms with van der Waals surface area (Å²) in [6.45, 7) is 21.7. The largest absolute Gasteiger partial charge is 0.457 e. The SMILES string of the molecule is [2H]C([2H])([2H])N1CN(c2cc(Oc3cccc(N4CN(c5ccc(N6CN(c7cccc(Oc8cc(N9CN(C)c%10cc(C)c(C)cc%109)cc(C(C)(C)C)c8)c7)c7ccccc76)cc5)c5ccccc54)c3)cc(C(C)(C)C)c2)c2cc(C)c(C)cc21. The van der Waals surface area contributed by atoms with Crippen molar-refractivity contribution in [3.05, 3.63) is 215 Å². The van der Waals surface area contributed by atoms with Gasteiger partial charge in [0.05, 0.1) is 58.8 Å². The monoisotopic (exact) mass is 1090 g/mol. The Hall–Kier alpha value is -9.02. The number of para-hydroxylation sites is 4. The fourth-order valence-electron chi connectivity index (χ4n) is 11.9. The third-order valence-electron chi connectivity index (χ3n) is 16.9. The van der Waals surface area contributed by atoms with Crippen LogP contribution in [0.25, 0.3) is 0 Å². The van der Waals surface area contributed by atoms with E-state index in [1.54, 1.807) is 0 Å². The van der Waals surface area contributed by atoms with E-state index in [1.165, 1.54) is 33.0 Å². The first kappa shape index (κ1) is 48.8. The fourth-order valence-corrected chi connectivity index (χ4v) is 11.9. The highest BCUT2D eigenvalue weighted by atomic mass is 16.5. The van der Waals surface area contributed by atoms with Crippen LogP contribution in [0.15, 0.2) is 182 Å². The van der Waals surface area contributed by atoms with Gasteiger partial charge in [0.15, 0.2) is 0 Å². The standard InChI is InChI=1S/C72H74N8O2/c1-47-31-67-69(33-49(47)3)75(43-73(67)11)57-35-51(71(5,6)7)37-61(41-57)81-59-21-17-19-55(39-59)79-45-77(63-23-13-15-25-65(63)79)53-27-29-54(30-28-53)78-46-80(66-26-16-14-24-64(66)78)56-20-18-22-60(40-56)82-62-38-52(72(8,9)10)36-58(42-62)76-44-74(12)68-32-48(2)50(4)34-70(68)76/h13-42H,43-46H2,1-12H3/i11D3. The number of anilines is 14. The van der Waals surface area contributed by atoms with E-state index in [0.29, 0.717) is 30.5 Å². The Labute approximate surface area is 489 Å². The lowest BCUT2D eigenvalue weighted by Gasteiger charge is -2.26. The molecule has 9 aromatic carbocycles. The Balaban J connectivity index is 0.739. The number of nitrogens with zero attached hydrogens (tertiary/aromatic N) is 8. The summed E-state index contributed by atoms with van der Waals surface area (Å²) in [5, 5.41) is 0. The van der Waals surface area contributed by atoms with Crippen molar-refractivity contribution in [2.24, 2.45) is 0 Å². The molecule has 4 aliphatic heterocycles. The molecule has 0 aliphatic carbocycles.